The number of amides is 2. The number of carbonyl (C=O) groups excluding carboxylic acids is 2. The zero-order valence-corrected chi connectivity index (χ0v) is 10.1. The van der Waals surface area contributed by atoms with E-state index in [1.807, 2.05) is 6.08 Å². The number of thioether (sulfide) groups is 1. The maximum Gasteiger partial charge on any atom is 0.293 e. The summed E-state index contributed by atoms with van der Waals surface area (Å²) in [4.78, 5) is 24.4. The molecule has 2 amide bonds. The fourth-order valence-electron chi connectivity index (χ4n) is 1.39. The van der Waals surface area contributed by atoms with E-state index in [0.29, 0.717) is 4.91 Å². The molecule has 1 aliphatic heterocycles. The lowest BCUT2D eigenvalue weighted by atomic mass is 10.1. The van der Waals surface area contributed by atoms with Crippen LogP contribution in [0, 0.1) is 0 Å². The van der Waals surface area contributed by atoms with Crippen LogP contribution in [0.3, 0.4) is 0 Å². The first-order valence-electron chi connectivity index (χ1n) is 5.36. The summed E-state index contributed by atoms with van der Waals surface area (Å²) < 4.78 is 0. The largest absolute Gasteiger partial charge is 0.293 e. The van der Waals surface area contributed by atoms with Gasteiger partial charge in [0.1, 0.15) is 0 Å². The van der Waals surface area contributed by atoms with Crippen molar-refractivity contribution < 1.29 is 9.59 Å². The standard InChI is InChI=1S/C11H17NO2S/c1-3-4-5-6-7-8-9-10(13)12(2)11(14)15-9/h8H,3-7H2,1-2H3/b9-8-. The Morgan fingerprint density at radius 3 is 2.53 bits per heavy atom. The van der Waals surface area contributed by atoms with Crippen molar-refractivity contribution in [3.05, 3.63) is 11.0 Å². The van der Waals surface area contributed by atoms with Crippen LogP contribution in [0.4, 0.5) is 4.79 Å². The molecule has 0 aromatic carbocycles. The SMILES string of the molecule is CCCCCC/C=C1\SC(=O)N(C)C1=O. The Morgan fingerprint density at radius 2 is 2.00 bits per heavy atom. The maximum atomic E-state index is 11.5. The van der Waals surface area contributed by atoms with Crippen molar-refractivity contribution >= 4 is 22.9 Å². The Labute approximate surface area is 94.9 Å². The van der Waals surface area contributed by atoms with Gasteiger partial charge in [-0.05, 0) is 24.6 Å². The molecule has 0 saturated carbocycles. The quantitative estimate of drug-likeness (QED) is 0.535. The number of unbranched alkanes of at least 4 members (excludes halogenated alkanes) is 4. The Morgan fingerprint density at radius 1 is 1.27 bits per heavy atom. The minimum Gasteiger partial charge on any atom is -0.272 e. The molecule has 0 aliphatic carbocycles. The summed E-state index contributed by atoms with van der Waals surface area (Å²) in [5.74, 6) is -0.152. The van der Waals surface area contributed by atoms with Gasteiger partial charge in [-0.2, -0.15) is 0 Å². The molecular formula is C11H17NO2S. The number of likely N-dealkylation sites (N-methyl/N-ethyl adjacent to an activating group) is 1. The summed E-state index contributed by atoms with van der Waals surface area (Å²) in [6.45, 7) is 2.17. The molecule has 0 radical (unpaired) electrons. The van der Waals surface area contributed by atoms with E-state index < -0.39 is 0 Å². The second kappa shape index (κ2) is 5.95. The van der Waals surface area contributed by atoms with Gasteiger partial charge in [-0.25, -0.2) is 0 Å². The van der Waals surface area contributed by atoms with Crippen molar-refractivity contribution in [3.63, 3.8) is 0 Å². The Hall–Kier alpha value is -0.770. The van der Waals surface area contributed by atoms with Gasteiger partial charge in [0.15, 0.2) is 0 Å². The average Bonchev–Trinajstić information content (AvgIpc) is 2.46. The number of hydrogen-bond donors (Lipinski definition) is 0. The van der Waals surface area contributed by atoms with E-state index in [9.17, 15) is 9.59 Å². The molecule has 4 heteroatoms. The molecule has 0 unspecified atom stereocenters. The van der Waals surface area contributed by atoms with Gasteiger partial charge >= 0.3 is 0 Å². The van der Waals surface area contributed by atoms with Gasteiger partial charge in [-0.3, -0.25) is 14.5 Å². The zero-order chi connectivity index (χ0) is 11.3. The topological polar surface area (TPSA) is 37.4 Å². The van der Waals surface area contributed by atoms with Gasteiger partial charge in [0, 0.05) is 7.05 Å². The van der Waals surface area contributed by atoms with E-state index in [1.54, 1.807) is 0 Å². The molecule has 1 heterocycles. The van der Waals surface area contributed by atoms with Crippen LogP contribution in [0.25, 0.3) is 0 Å². The summed E-state index contributed by atoms with van der Waals surface area (Å²) in [6.07, 6.45) is 7.54. The molecule has 0 bridgehead atoms. The van der Waals surface area contributed by atoms with Crippen LogP contribution in [-0.4, -0.2) is 23.1 Å². The highest BCUT2D eigenvalue weighted by Crippen LogP contribution is 2.29. The second-order valence-electron chi connectivity index (χ2n) is 3.65. The fourth-order valence-corrected chi connectivity index (χ4v) is 2.22. The molecule has 3 nitrogen and oxygen atoms in total. The number of rotatable bonds is 5. The van der Waals surface area contributed by atoms with E-state index in [1.165, 1.54) is 31.2 Å². The number of imide groups is 1. The molecule has 0 N–H and O–H groups in total. The molecule has 1 fully saturated rings. The molecule has 0 aromatic heterocycles. The molecule has 0 spiro atoms. The van der Waals surface area contributed by atoms with Crippen molar-refractivity contribution in [2.45, 2.75) is 39.0 Å². The second-order valence-corrected chi connectivity index (χ2v) is 4.64. The Kier molecular flexibility index (Phi) is 4.88. The number of nitrogens with zero attached hydrogens (tertiary/aromatic N) is 1. The average molecular weight is 227 g/mol. The number of carbonyl (C=O) groups is 2. The van der Waals surface area contributed by atoms with Gasteiger partial charge in [0.05, 0.1) is 4.91 Å². The van der Waals surface area contributed by atoms with Crippen LogP contribution in [-0.2, 0) is 4.79 Å². The van der Waals surface area contributed by atoms with Crippen LogP contribution >= 0.6 is 11.8 Å². The van der Waals surface area contributed by atoms with Crippen molar-refractivity contribution in [1.29, 1.82) is 0 Å². The lowest BCUT2D eigenvalue weighted by Gasteiger charge is -2.00. The van der Waals surface area contributed by atoms with E-state index in [2.05, 4.69) is 6.92 Å². The van der Waals surface area contributed by atoms with Crippen LogP contribution < -0.4 is 0 Å². The normalized spacial score (nSPS) is 19.3. The van der Waals surface area contributed by atoms with Crippen molar-refractivity contribution in [3.8, 4) is 0 Å². The number of allylic oxidation sites excluding steroid dienone is 1. The lowest BCUT2D eigenvalue weighted by molar-refractivity contribution is -0.121. The molecule has 1 saturated heterocycles. The van der Waals surface area contributed by atoms with Gasteiger partial charge < -0.3 is 0 Å². The van der Waals surface area contributed by atoms with Crippen LogP contribution in [0.5, 0.6) is 0 Å². The van der Waals surface area contributed by atoms with Crippen molar-refractivity contribution in [2.75, 3.05) is 7.05 Å². The highest BCUT2D eigenvalue weighted by Gasteiger charge is 2.31. The summed E-state index contributed by atoms with van der Waals surface area (Å²) >= 11 is 1.04. The van der Waals surface area contributed by atoms with Gasteiger partial charge in [0.2, 0.25) is 0 Å². The van der Waals surface area contributed by atoms with Crippen LogP contribution in [0.1, 0.15) is 39.0 Å². The summed E-state index contributed by atoms with van der Waals surface area (Å²) in [7, 11) is 1.52. The molecule has 0 atom stereocenters. The minimum absolute atomic E-state index is 0.152. The first-order chi connectivity index (χ1) is 7.16. The predicted molar refractivity (Wildman–Crippen MR) is 62.6 cm³/mol. The summed E-state index contributed by atoms with van der Waals surface area (Å²) in [5.41, 5.74) is 0. The Balaban J connectivity index is 2.34. The Bertz CT molecular complexity index is 286. The third-order valence-electron chi connectivity index (χ3n) is 2.37. The molecule has 84 valence electrons. The first kappa shape index (κ1) is 12.3. The van der Waals surface area contributed by atoms with E-state index in [0.717, 1.165) is 24.6 Å². The first-order valence-corrected chi connectivity index (χ1v) is 6.18. The van der Waals surface area contributed by atoms with E-state index in [-0.39, 0.29) is 11.1 Å². The molecule has 1 aliphatic rings. The lowest BCUT2D eigenvalue weighted by Crippen LogP contribution is -2.22. The van der Waals surface area contributed by atoms with Gasteiger partial charge in [-0.1, -0.05) is 32.3 Å². The van der Waals surface area contributed by atoms with Crippen molar-refractivity contribution in [1.82, 2.24) is 4.90 Å². The third kappa shape index (κ3) is 3.38. The molecule has 0 aromatic rings. The van der Waals surface area contributed by atoms with Crippen molar-refractivity contribution in [2.24, 2.45) is 0 Å². The number of hydrogen-bond acceptors (Lipinski definition) is 3. The molecule has 15 heavy (non-hydrogen) atoms. The maximum absolute atomic E-state index is 11.5. The summed E-state index contributed by atoms with van der Waals surface area (Å²) in [5, 5.41) is -0.167. The zero-order valence-electron chi connectivity index (χ0n) is 9.28. The van der Waals surface area contributed by atoms with Crippen LogP contribution in [0.15, 0.2) is 11.0 Å². The van der Waals surface area contributed by atoms with Gasteiger partial charge in [-0.15, -0.1) is 0 Å². The van der Waals surface area contributed by atoms with E-state index >= 15 is 0 Å². The van der Waals surface area contributed by atoms with Gasteiger partial charge in [0.25, 0.3) is 11.1 Å². The molecule has 1 rings (SSSR count). The molecular weight excluding hydrogens is 210 g/mol. The predicted octanol–water partition coefficient (Wildman–Crippen LogP) is 3.17. The van der Waals surface area contributed by atoms with E-state index in [4.69, 9.17) is 0 Å². The van der Waals surface area contributed by atoms with Crippen LogP contribution in [0.2, 0.25) is 0 Å². The summed E-state index contributed by atoms with van der Waals surface area (Å²) in [6, 6.07) is 0. The highest BCUT2D eigenvalue weighted by molar-refractivity contribution is 8.18. The fraction of sp³-hybridized carbons (Fsp3) is 0.636. The monoisotopic (exact) mass is 227 g/mol. The minimum atomic E-state index is -0.167. The smallest absolute Gasteiger partial charge is 0.272 e. The highest BCUT2D eigenvalue weighted by atomic mass is 32.2. The third-order valence-corrected chi connectivity index (χ3v) is 3.38.